The smallest absolute Gasteiger partial charge is 0.239 e. The van der Waals surface area contributed by atoms with E-state index < -0.39 is 6.04 Å². The van der Waals surface area contributed by atoms with E-state index in [9.17, 15) is 9.59 Å². The molecular formula is C14H28ClN3O2. The van der Waals surface area contributed by atoms with Gasteiger partial charge in [0.2, 0.25) is 11.8 Å². The lowest BCUT2D eigenvalue weighted by Crippen LogP contribution is -2.47. The summed E-state index contributed by atoms with van der Waals surface area (Å²) in [6.45, 7) is 6.67. The highest BCUT2D eigenvalue weighted by Crippen LogP contribution is 2.48. The zero-order valence-corrected chi connectivity index (χ0v) is 13.5. The van der Waals surface area contributed by atoms with Crippen molar-refractivity contribution >= 4 is 24.2 Å². The molecule has 20 heavy (non-hydrogen) atoms. The van der Waals surface area contributed by atoms with Crippen molar-refractivity contribution in [2.75, 3.05) is 13.1 Å². The van der Waals surface area contributed by atoms with Crippen molar-refractivity contribution in [3.8, 4) is 0 Å². The van der Waals surface area contributed by atoms with Crippen molar-refractivity contribution < 1.29 is 9.59 Å². The molecule has 2 amide bonds. The van der Waals surface area contributed by atoms with E-state index in [0.29, 0.717) is 5.41 Å². The number of carbonyl (C=O) groups is 2. The zero-order valence-electron chi connectivity index (χ0n) is 12.7. The average molecular weight is 306 g/mol. The lowest BCUT2D eigenvalue weighted by Gasteiger charge is -2.17. The monoisotopic (exact) mass is 305 g/mol. The Morgan fingerprint density at radius 2 is 1.85 bits per heavy atom. The molecule has 0 aliphatic heterocycles. The van der Waals surface area contributed by atoms with E-state index in [0.717, 1.165) is 19.4 Å². The van der Waals surface area contributed by atoms with Crippen molar-refractivity contribution in [2.45, 2.75) is 52.5 Å². The maximum Gasteiger partial charge on any atom is 0.239 e. The Kier molecular flexibility index (Phi) is 8.13. The first-order valence-electron chi connectivity index (χ1n) is 7.20. The Morgan fingerprint density at radius 3 is 2.30 bits per heavy atom. The van der Waals surface area contributed by atoms with E-state index in [1.807, 2.05) is 13.8 Å². The van der Waals surface area contributed by atoms with Gasteiger partial charge in [0.15, 0.2) is 0 Å². The maximum absolute atomic E-state index is 11.7. The summed E-state index contributed by atoms with van der Waals surface area (Å²) in [6, 6.07) is -0.553. The standard InChI is InChI=1S/C14H27N3O2.ClH/c1-4-5-14(6-7-14)9-17-11(18)8-16-13(19)12(15)10(2)3;/h10,12H,4-9,15H2,1-3H3,(H,16,19)(H,17,18);1H/t12-;/m0./s1. The van der Waals surface area contributed by atoms with Gasteiger partial charge in [-0.25, -0.2) is 0 Å². The SMILES string of the molecule is CCCC1(CNC(=O)CNC(=O)[C@@H](N)C(C)C)CC1.Cl. The van der Waals surface area contributed by atoms with E-state index >= 15 is 0 Å². The quantitative estimate of drug-likeness (QED) is 0.630. The van der Waals surface area contributed by atoms with Crippen LogP contribution in [0.2, 0.25) is 0 Å². The van der Waals surface area contributed by atoms with Gasteiger partial charge in [0.05, 0.1) is 12.6 Å². The molecular weight excluding hydrogens is 278 g/mol. The highest BCUT2D eigenvalue weighted by Gasteiger charge is 2.41. The van der Waals surface area contributed by atoms with E-state index in [4.69, 9.17) is 5.73 Å². The molecule has 4 N–H and O–H groups in total. The third-order valence-corrected chi connectivity index (χ3v) is 3.84. The van der Waals surface area contributed by atoms with Gasteiger partial charge in [0, 0.05) is 6.54 Å². The van der Waals surface area contributed by atoms with E-state index in [1.54, 1.807) is 0 Å². The van der Waals surface area contributed by atoms with Crippen LogP contribution in [0.25, 0.3) is 0 Å². The predicted molar refractivity (Wildman–Crippen MR) is 82.7 cm³/mol. The molecule has 1 aliphatic carbocycles. The molecule has 0 bridgehead atoms. The lowest BCUT2D eigenvalue weighted by molar-refractivity contribution is -0.127. The fourth-order valence-corrected chi connectivity index (χ4v) is 2.16. The summed E-state index contributed by atoms with van der Waals surface area (Å²) < 4.78 is 0. The third-order valence-electron chi connectivity index (χ3n) is 3.84. The van der Waals surface area contributed by atoms with E-state index in [-0.39, 0.29) is 36.7 Å². The molecule has 6 heteroatoms. The van der Waals surface area contributed by atoms with Crippen LogP contribution in [0.5, 0.6) is 0 Å². The molecule has 0 aromatic rings. The van der Waals surface area contributed by atoms with E-state index in [1.165, 1.54) is 12.8 Å². The molecule has 0 radical (unpaired) electrons. The second-order valence-corrected chi connectivity index (χ2v) is 6.01. The Labute approximate surface area is 127 Å². The molecule has 1 saturated carbocycles. The normalized spacial score (nSPS) is 17.1. The summed E-state index contributed by atoms with van der Waals surface area (Å²) in [4.78, 5) is 23.2. The fraction of sp³-hybridized carbons (Fsp3) is 0.857. The van der Waals surface area contributed by atoms with Gasteiger partial charge < -0.3 is 16.4 Å². The summed E-state index contributed by atoms with van der Waals surface area (Å²) in [7, 11) is 0. The van der Waals surface area contributed by atoms with Gasteiger partial charge >= 0.3 is 0 Å². The topological polar surface area (TPSA) is 84.2 Å². The first-order chi connectivity index (χ1) is 8.90. The maximum atomic E-state index is 11.7. The minimum absolute atomic E-state index is 0. The molecule has 5 nitrogen and oxygen atoms in total. The zero-order chi connectivity index (χ0) is 14.5. The van der Waals surface area contributed by atoms with Gasteiger partial charge in [-0.15, -0.1) is 12.4 Å². The number of hydrogen-bond acceptors (Lipinski definition) is 3. The van der Waals surface area contributed by atoms with Gasteiger partial charge in [0.25, 0.3) is 0 Å². The van der Waals surface area contributed by atoms with Crippen molar-refractivity contribution in [1.82, 2.24) is 10.6 Å². The molecule has 118 valence electrons. The number of nitrogens with one attached hydrogen (secondary N) is 2. The lowest BCUT2D eigenvalue weighted by atomic mass is 10.0. The van der Waals surface area contributed by atoms with Crippen molar-refractivity contribution in [2.24, 2.45) is 17.1 Å². The summed E-state index contributed by atoms with van der Waals surface area (Å²) in [5, 5.41) is 5.48. The summed E-state index contributed by atoms with van der Waals surface area (Å²) in [5.74, 6) is -0.325. The summed E-state index contributed by atoms with van der Waals surface area (Å²) >= 11 is 0. The van der Waals surface area contributed by atoms with Gasteiger partial charge in [-0.05, 0) is 30.6 Å². The van der Waals surface area contributed by atoms with Crippen LogP contribution in [0.4, 0.5) is 0 Å². The Balaban J connectivity index is 0.00000361. The van der Waals surface area contributed by atoms with Gasteiger partial charge in [-0.2, -0.15) is 0 Å². The summed E-state index contributed by atoms with van der Waals surface area (Å²) in [5.41, 5.74) is 6.03. The summed E-state index contributed by atoms with van der Waals surface area (Å²) in [6.07, 6.45) is 4.71. The molecule has 1 aliphatic rings. The molecule has 1 fully saturated rings. The van der Waals surface area contributed by atoms with Crippen LogP contribution in [0.3, 0.4) is 0 Å². The second-order valence-electron chi connectivity index (χ2n) is 6.01. The van der Waals surface area contributed by atoms with Crippen LogP contribution in [0, 0.1) is 11.3 Å². The molecule has 1 rings (SSSR count). The predicted octanol–water partition coefficient (Wildman–Crippen LogP) is 1.20. The molecule has 1 atom stereocenters. The van der Waals surface area contributed by atoms with Crippen molar-refractivity contribution in [1.29, 1.82) is 0 Å². The van der Waals surface area contributed by atoms with Crippen LogP contribution in [-0.2, 0) is 9.59 Å². The van der Waals surface area contributed by atoms with Crippen LogP contribution >= 0.6 is 12.4 Å². The molecule has 0 saturated heterocycles. The van der Waals surface area contributed by atoms with Crippen LogP contribution < -0.4 is 16.4 Å². The van der Waals surface area contributed by atoms with Gasteiger partial charge in [0.1, 0.15) is 0 Å². The van der Waals surface area contributed by atoms with Crippen molar-refractivity contribution in [3.05, 3.63) is 0 Å². The molecule has 0 unspecified atom stereocenters. The first-order valence-corrected chi connectivity index (χ1v) is 7.20. The van der Waals surface area contributed by atoms with Crippen molar-refractivity contribution in [3.63, 3.8) is 0 Å². The number of carbonyl (C=O) groups excluding carboxylic acids is 2. The highest BCUT2D eigenvalue weighted by molar-refractivity contribution is 5.87. The van der Waals surface area contributed by atoms with Crippen LogP contribution in [-0.4, -0.2) is 30.9 Å². The Morgan fingerprint density at radius 1 is 1.25 bits per heavy atom. The second kappa shape index (κ2) is 8.47. The highest BCUT2D eigenvalue weighted by atomic mass is 35.5. The molecule has 0 aromatic heterocycles. The first kappa shape index (κ1) is 19.2. The third kappa shape index (κ3) is 6.09. The Bertz CT molecular complexity index is 330. The minimum atomic E-state index is -0.553. The van der Waals surface area contributed by atoms with Crippen LogP contribution in [0.15, 0.2) is 0 Å². The molecule has 0 heterocycles. The van der Waals surface area contributed by atoms with Gasteiger partial charge in [-0.3, -0.25) is 9.59 Å². The Hall–Kier alpha value is -0.810. The number of amides is 2. The number of halogens is 1. The molecule has 0 aromatic carbocycles. The number of nitrogens with two attached hydrogens (primary N) is 1. The largest absolute Gasteiger partial charge is 0.354 e. The van der Waals surface area contributed by atoms with E-state index in [2.05, 4.69) is 17.6 Å². The molecule has 0 spiro atoms. The van der Waals surface area contributed by atoms with Crippen LogP contribution in [0.1, 0.15) is 46.5 Å². The van der Waals surface area contributed by atoms with Gasteiger partial charge in [-0.1, -0.05) is 27.2 Å². The number of rotatable bonds is 8. The average Bonchev–Trinajstić information content (AvgIpc) is 3.13. The minimum Gasteiger partial charge on any atom is -0.354 e. The number of hydrogen-bond donors (Lipinski definition) is 3. The fourth-order valence-electron chi connectivity index (χ4n) is 2.16.